The van der Waals surface area contributed by atoms with Crippen LogP contribution >= 0.6 is 0 Å². The highest BCUT2D eigenvalue weighted by Gasteiger charge is 2.28. The number of anilines is 1. The summed E-state index contributed by atoms with van der Waals surface area (Å²) in [6.07, 6.45) is 1.66. The van der Waals surface area contributed by atoms with E-state index in [0.717, 1.165) is 16.7 Å². The Morgan fingerprint density at radius 1 is 1.13 bits per heavy atom. The number of benzene rings is 1. The van der Waals surface area contributed by atoms with E-state index in [0.29, 0.717) is 31.6 Å². The SMILES string of the molecule is COc1ccc2nc(NC(CCN)(CCO)CCO)ccc2c1. The van der Waals surface area contributed by atoms with Gasteiger partial charge in [-0.15, -0.1) is 0 Å². The number of hydrogen-bond donors (Lipinski definition) is 4. The number of ether oxygens (including phenoxy) is 1. The Morgan fingerprint density at radius 3 is 2.48 bits per heavy atom. The molecular weight excluding hydrogens is 294 g/mol. The first-order chi connectivity index (χ1) is 11.2. The van der Waals surface area contributed by atoms with Crippen LogP contribution in [0.2, 0.25) is 0 Å². The number of methoxy groups -OCH3 is 1. The van der Waals surface area contributed by atoms with E-state index in [1.807, 2.05) is 30.3 Å². The third-order valence-corrected chi connectivity index (χ3v) is 4.09. The second-order valence-corrected chi connectivity index (χ2v) is 5.65. The number of pyridine rings is 1. The minimum atomic E-state index is -0.453. The average molecular weight is 319 g/mol. The predicted octanol–water partition coefficient (Wildman–Crippen LogP) is 1.51. The third kappa shape index (κ3) is 4.31. The van der Waals surface area contributed by atoms with Gasteiger partial charge in [0.15, 0.2) is 0 Å². The van der Waals surface area contributed by atoms with Crippen molar-refractivity contribution in [1.29, 1.82) is 0 Å². The van der Waals surface area contributed by atoms with Crippen molar-refractivity contribution < 1.29 is 14.9 Å². The maximum Gasteiger partial charge on any atom is 0.127 e. The van der Waals surface area contributed by atoms with Crippen LogP contribution in [0.5, 0.6) is 5.75 Å². The molecule has 2 rings (SSSR count). The zero-order chi connectivity index (χ0) is 16.7. The number of hydrogen-bond acceptors (Lipinski definition) is 6. The van der Waals surface area contributed by atoms with E-state index in [9.17, 15) is 10.2 Å². The fourth-order valence-electron chi connectivity index (χ4n) is 2.84. The molecule has 0 aliphatic carbocycles. The van der Waals surface area contributed by atoms with Gasteiger partial charge in [-0.2, -0.15) is 0 Å². The number of nitrogens with two attached hydrogens (primary N) is 1. The standard InChI is InChI=1S/C17H25N3O3/c1-23-14-3-4-15-13(12-14)2-5-16(19-15)20-17(6-9-18,7-10-21)8-11-22/h2-5,12,21-22H,6-11,18H2,1H3,(H,19,20). The van der Waals surface area contributed by atoms with Gasteiger partial charge in [-0.3, -0.25) is 0 Å². The van der Waals surface area contributed by atoms with Crippen LogP contribution in [-0.2, 0) is 0 Å². The second-order valence-electron chi connectivity index (χ2n) is 5.65. The summed E-state index contributed by atoms with van der Waals surface area (Å²) in [4.78, 5) is 4.61. The van der Waals surface area contributed by atoms with Crippen molar-refractivity contribution in [3.05, 3.63) is 30.3 Å². The summed E-state index contributed by atoms with van der Waals surface area (Å²) in [7, 11) is 1.63. The molecule has 1 aromatic heterocycles. The lowest BCUT2D eigenvalue weighted by Crippen LogP contribution is -2.42. The Labute approximate surface area is 136 Å². The van der Waals surface area contributed by atoms with Gasteiger partial charge in [-0.1, -0.05) is 0 Å². The number of aliphatic hydroxyl groups is 2. The summed E-state index contributed by atoms with van der Waals surface area (Å²) in [5, 5.41) is 23.1. The maximum atomic E-state index is 9.37. The van der Waals surface area contributed by atoms with Crippen molar-refractivity contribution in [1.82, 2.24) is 4.98 Å². The molecule has 23 heavy (non-hydrogen) atoms. The number of aliphatic hydroxyl groups excluding tert-OH is 2. The van der Waals surface area contributed by atoms with Crippen LogP contribution in [0.25, 0.3) is 10.9 Å². The molecule has 126 valence electrons. The Hall–Kier alpha value is -1.89. The van der Waals surface area contributed by atoms with Crippen LogP contribution in [0.1, 0.15) is 19.3 Å². The number of nitrogens with one attached hydrogen (secondary N) is 1. The molecule has 0 aliphatic rings. The zero-order valence-electron chi connectivity index (χ0n) is 13.5. The highest BCUT2D eigenvalue weighted by atomic mass is 16.5. The van der Waals surface area contributed by atoms with Crippen molar-refractivity contribution in [3.63, 3.8) is 0 Å². The lowest BCUT2D eigenvalue weighted by Gasteiger charge is -2.34. The molecule has 2 aromatic rings. The quantitative estimate of drug-likeness (QED) is 0.559. The molecular formula is C17H25N3O3. The Morgan fingerprint density at radius 2 is 1.87 bits per heavy atom. The molecule has 6 nitrogen and oxygen atoms in total. The average Bonchev–Trinajstić information content (AvgIpc) is 2.55. The Kier molecular flexibility index (Phi) is 6.15. The molecule has 0 atom stereocenters. The van der Waals surface area contributed by atoms with Crippen LogP contribution in [0.4, 0.5) is 5.82 Å². The molecule has 1 heterocycles. The van der Waals surface area contributed by atoms with Gasteiger partial charge in [-0.25, -0.2) is 4.98 Å². The van der Waals surface area contributed by atoms with Crippen LogP contribution < -0.4 is 15.8 Å². The monoisotopic (exact) mass is 319 g/mol. The third-order valence-electron chi connectivity index (χ3n) is 4.09. The second kappa shape index (κ2) is 8.10. The van der Waals surface area contributed by atoms with Gasteiger partial charge >= 0.3 is 0 Å². The highest BCUT2D eigenvalue weighted by Crippen LogP contribution is 2.27. The summed E-state index contributed by atoms with van der Waals surface area (Å²) < 4.78 is 5.22. The predicted molar refractivity (Wildman–Crippen MR) is 91.7 cm³/mol. The minimum Gasteiger partial charge on any atom is -0.497 e. The smallest absolute Gasteiger partial charge is 0.127 e. The molecule has 0 bridgehead atoms. The molecule has 1 aromatic carbocycles. The lowest BCUT2D eigenvalue weighted by molar-refractivity contribution is 0.199. The van der Waals surface area contributed by atoms with Crippen LogP contribution in [0, 0.1) is 0 Å². The first-order valence-electron chi connectivity index (χ1n) is 7.81. The summed E-state index contributed by atoms with van der Waals surface area (Å²) in [5.74, 6) is 1.50. The molecule has 6 heteroatoms. The fourth-order valence-corrected chi connectivity index (χ4v) is 2.84. The minimum absolute atomic E-state index is 0.0256. The largest absolute Gasteiger partial charge is 0.497 e. The van der Waals surface area contributed by atoms with Gasteiger partial charge in [0.25, 0.3) is 0 Å². The van der Waals surface area contributed by atoms with E-state index in [-0.39, 0.29) is 13.2 Å². The summed E-state index contributed by atoms with van der Waals surface area (Å²) in [6, 6.07) is 9.57. The summed E-state index contributed by atoms with van der Waals surface area (Å²) in [6.45, 7) is 0.521. The van der Waals surface area contributed by atoms with Gasteiger partial charge in [-0.05, 0) is 56.1 Å². The highest BCUT2D eigenvalue weighted by molar-refractivity contribution is 5.81. The molecule has 0 saturated heterocycles. The molecule has 0 amide bonds. The van der Waals surface area contributed by atoms with Gasteiger partial charge in [0.1, 0.15) is 11.6 Å². The molecule has 0 aliphatic heterocycles. The molecule has 5 N–H and O–H groups in total. The van der Waals surface area contributed by atoms with E-state index in [4.69, 9.17) is 10.5 Å². The Balaban J connectivity index is 2.29. The topological polar surface area (TPSA) is 101 Å². The number of rotatable bonds is 9. The van der Waals surface area contributed by atoms with E-state index in [2.05, 4.69) is 10.3 Å². The van der Waals surface area contributed by atoms with Crippen LogP contribution in [-0.4, -0.2) is 47.6 Å². The molecule has 0 unspecified atom stereocenters. The molecule has 0 saturated carbocycles. The van der Waals surface area contributed by atoms with E-state index in [1.54, 1.807) is 7.11 Å². The van der Waals surface area contributed by atoms with Crippen molar-refractivity contribution >= 4 is 16.7 Å². The summed E-state index contributed by atoms with van der Waals surface area (Å²) >= 11 is 0. The fraction of sp³-hybridized carbons (Fsp3) is 0.471. The maximum absolute atomic E-state index is 9.37. The zero-order valence-corrected chi connectivity index (χ0v) is 13.5. The van der Waals surface area contributed by atoms with Crippen LogP contribution in [0.15, 0.2) is 30.3 Å². The normalized spacial score (nSPS) is 11.7. The number of fused-ring (bicyclic) bond motifs is 1. The van der Waals surface area contributed by atoms with Gasteiger partial charge in [0.2, 0.25) is 0 Å². The van der Waals surface area contributed by atoms with Crippen LogP contribution in [0.3, 0.4) is 0 Å². The Bertz CT molecular complexity index is 616. The van der Waals surface area contributed by atoms with Gasteiger partial charge < -0.3 is 26.0 Å². The summed E-state index contributed by atoms with van der Waals surface area (Å²) in [5.41, 5.74) is 6.11. The first-order valence-corrected chi connectivity index (χ1v) is 7.81. The van der Waals surface area contributed by atoms with Crippen molar-refractivity contribution in [2.24, 2.45) is 5.73 Å². The van der Waals surface area contributed by atoms with Crippen molar-refractivity contribution in [2.75, 3.05) is 32.2 Å². The lowest BCUT2D eigenvalue weighted by atomic mass is 9.88. The number of aromatic nitrogens is 1. The van der Waals surface area contributed by atoms with Gasteiger partial charge in [0, 0.05) is 24.1 Å². The van der Waals surface area contributed by atoms with Crippen molar-refractivity contribution in [3.8, 4) is 5.75 Å². The molecule has 0 spiro atoms. The van der Waals surface area contributed by atoms with E-state index < -0.39 is 5.54 Å². The first kappa shape index (κ1) is 17.5. The number of nitrogens with zero attached hydrogens (tertiary/aromatic N) is 1. The van der Waals surface area contributed by atoms with Crippen molar-refractivity contribution in [2.45, 2.75) is 24.8 Å². The molecule has 0 fully saturated rings. The molecule has 0 radical (unpaired) electrons. The van der Waals surface area contributed by atoms with E-state index in [1.165, 1.54) is 0 Å². The van der Waals surface area contributed by atoms with Gasteiger partial charge in [0.05, 0.1) is 12.6 Å². The van der Waals surface area contributed by atoms with E-state index >= 15 is 0 Å².